The fourth-order valence-electron chi connectivity index (χ4n) is 6.01. The van der Waals surface area contributed by atoms with E-state index in [0.29, 0.717) is 52.9 Å². The molecular formula is C22H24N8OS. The molecule has 2 atom stereocenters. The van der Waals surface area contributed by atoms with E-state index < -0.39 is 0 Å². The topological polar surface area (TPSA) is 127 Å². The summed E-state index contributed by atoms with van der Waals surface area (Å²) in [6.45, 7) is 3.09. The fourth-order valence-corrected chi connectivity index (χ4v) is 7.15. The van der Waals surface area contributed by atoms with E-state index in [9.17, 15) is 10.5 Å². The minimum Gasteiger partial charge on any atom is -0.467 e. The number of piperazine rings is 1. The Balaban J connectivity index is 1.35. The lowest BCUT2D eigenvalue weighted by molar-refractivity contribution is 0.323. The van der Waals surface area contributed by atoms with Gasteiger partial charge >= 0.3 is 6.01 Å². The predicted octanol–water partition coefficient (Wildman–Crippen LogP) is 1.52. The molecule has 2 bridgehead atoms. The van der Waals surface area contributed by atoms with E-state index in [1.807, 2.05) is 0 Å². The molecule has 164 valence electrons. The fraction of sp³-hybridized carbons (Fsp3) is 0.545. The minimum absolute atomic E-state index is 0.0895. The Labute approximate surface area is 190 Å². The van der Waals surface area contributed by atoms with E-state index in [2.05, 4.69) is 37.2 Å². The van der Waals surface area contributed by atoms with E-state index in [0.717, 1.165) is 44.3 Å². The Kier molecular flexibility index (Phi) is 4.26. The summed E-state index contributed by atoms with van der Waals surface area (Å²) in [4.78, 5) is 14.8. The number of aromatic nitrogens is 2. The number of nitrogens with one attached hydrogen (secondary N) is 1. The third kappa shape index (κ3) is 2.70. The van der Waals surface area contributed by atoms with Crippen LogP contribution in [-0.2, 0) is 11.8 Å². The first-order valence-corrected chi connectivity index (χ1v) is 11.8. The Morgan fingerprint density at radius 2 is 1.75 bits per heavy atom. The summed E-state index contributed by atoms with van der Waals surface area (Å²) in [6, 6.07) is 5.85. The maximum atomic E-state index is 10.1. The molecule has 32 heavy (non-hydrogen) atoms. The number of fused-ring (bicyclic) bond motifs is 4. The van der Waals surface area contributed by atoms with Crippen LogP contribution < -0.4 is 25.6 Å². The monoisotopic (exact) mass is 448 g/mol. The molecule has 9 nitrogen and oxygen atoms in total. The van der Waals surface area contributed by atoms with Gasteiger partial charge in [0.15, 0.2) is 11.6 Å². The van der Waals surface area contributed by atoms with Crippen LogP contribution in [0, 0.1) is 22.7 Å². The summed E-state index contributed by atoms with van der Waals surface area (Å²) < 4.78 is 5.43. The quantitative estimate of drug-likeness (QED) is 0.718. The van der Waals surface area contributed by atoms with Gasteiger partial charge in [0.25, 0.3) is 0 Å². The first-order valence-electron chi connectivity index (χ1n) is 11.0. The number of rotatable bonds is 3. The Bertz CT molecular complexity index is 1180. The molecule has 0 radical (unpaired) electrons. The van der Waals surface area contributed by atoms with Crippen molar-refractivity contribution in [3.63, 3.8) is 0 Å². The van der Waals surface area contributed by atoms with Crippen molar-refractivity contribution in [2.75, 3.05) is 48.8 Å². The molecule has 10 heteroatoms. The predicted molar refractivity (Wildman–Crippen MR) is 121 cm³/mol. The lowest BCUT2D eigenvalue weighted by Gasteiger charge is -2.49. The molecule has 4 aliphatic rings. The molecule has 0 aromatic carbocycles. The molecule has 2 aromatic heterocycles. The van der Waals surface area contributed by atoms with Crippen LogP contribution in [0.15, 0.2) is 0 Å². The minimum atomic E-state index is -0.0895. The van der Waals surface area contributed by atoms with Gasteiger partial charge in [-0.3, -0.25) is 0 Å². The zero-order valence-corrected chi connectivity index (χ0v) is 18.7. The number of thiophene rings is 1. The van der Waals surface area contributed by atoms with E-state index in [4.69, 9.17) is 10.5 Å². The third-order valence-electron chi connectivity index (χ3n) is 7.43. The lowest BCUT2D eigenvalue weighted by Crippen LogP contribution is -2.59. The molecular weight excluding hydrogens is 424 g/mol. The molecule has 1 unspecified atom stereocenters. The van der Waals surface area contributed by atoms with Crippen molar-refractivity contribution >= 4 is 28.0 Å². The van der Waals surface area contributed by atoms with Crippen molar-refractivity contribution in [2.24, 2.45) is 0 Å². The van der Waals surface area contributed by atoms with E-state index in [1.54, 1.807) is 18.4 Å². The Morgan fingerprint density at radius 1 is 1.09 bits per heavy atom. The number of nitrogens with two attached hydrogens (primary N) is 1. The highest BCUT2D eigenvalue weighted by molar-refractivity contribution is 7.16. The van der Waals surface area contributed by atoms with Crippen LogP contribution in [-0.4, -0.2) is 55.3 Å². The number of ether oxygens (including phenoxy) is 1. The van der Waals surface area contributed by atoms with Crippen LogP contribution in [0.25, 0.3) is 0 Å². The average Bonchev–Trinajstić information content (AvgIpc) is 3.42. The average molecular weight is 449 g/mol. The molecule has 3 fully saturated rings. The molecule has 3 N–H and O–H groups in total. The number of nitrogen functional groups attached to an aromatic ring is 1. The van der Waals surface area contributed by atoms with Gasteiger partial charge in [-0.15, -0.1) is 11.3 Å². The second kappa shape index (κ2) is 6.96. The van der Waals surface area contributed by atoms with Crippen LogP contribution in [0.1, 0.15) is 40.8 Å². The van der Waals surface area contributed by atoms with E-state index in [-0.39, 0.29) is 11.4 Å². The van der Waals surface area contributed by atoms with Gasteiger partial charge in [-0.1, -0.05) is 0 Å². The summed E-state index contributed by atoms with van der Waals surface area (Å²) in [5.41, 5.74) is 8.29. The molecule has 5 heterocycles. The zero-order chi connectivity index (χ0) is 22.0. The molecule has 1 aliphatic carbocycles. The van der Waals surface area contributed by atoms with E-state index in [1.165, 1.54) is 4.88 Å². The van der Waals surface area contributed by atoms with Crippen LogP contribution in [0.5, 0.6) is 6.01 Å². The maximum Gasteiger partial charge on any atom is 0.320 e. The van der Waals surface area contributed by atoms with Crippen LogP contribution in [0.4, 0.5) is 16.6 Å². The maximum absolute atomic E-state index is 10.1. The second-order valence-electron chi connectivity index (χ2n) is 9.27. The smallest absolute Gasteiger partial charge is 0.320 e. The van der Waals surface area contributed by atoms with Crippen molar-refractivity contribution < 1.29 is 4.74 Å². The number of hydrogen-bond donors (Lipinski definition) is 2. The van der Waals surface area contributed by atoms with E-state index >= 15 is 0 Å². The number of hydrogen-bond acceptors (Lipinski definition) is 10. The molecule has 3 saturated heterocycles. The lowest BCUT2D eigenvalue weighted by atomic mass is 9.74. The molecule has 3 aliphatic heterocycles. The summed E-state index contributed by atoms with van der Waals surface area (Å²) >= 11 is 1.54. The van der Waals surface area contributed by atoms with Crippen LogP contribution in [0.2, 0.25) is 0 Å². The van der Waals surface area contributed by atoms with Crippen molar-refractivity contribution in [3.8, 4) is 18.1 Å². The van der Waals surface area contributed by atoms with Gasteiger partial charge < -0.3 is 25.6 Å². The first kappa shape index (κ1) is 19.6. The van der Waals surface area contributed by atoms with Gasteiger partial charge in [-0.25, -0.2) is 0 Å². The van der Waals surface area contributed by atoms with Crippen LogP contribution in [0.3, 0.4) is 0 Å². The van der Waals surface area contributed by atoms with Gasteiger partial charge in [0.1, 0.15) is 22.7 Å². The number of aryl methyl sites for hydroxylation is 1. The molecule has 0 amide bonds. The number of methoxy groups -OCH3 is 1. The van der Waals surface area contributed by atoms with Crippen molar-refractivity contribution in [1.29, 1.82) is 10.5 Å². The Morgan fingerprint density at radius 3 is 2.38 bits per heavy atom. The molecule has 6 rings (SSSR count). The number of nitrogens with zero attached hydrogens (tertiary/aromatic N) is 6. The first-order chi connectivity index (χ1) is 15.5. The van der Waals surface area contributed by atoms with Gasteiger partial charge in [0, 0.05) is 48.6 Å². The third-order valence-corrected chi connectivity index (χ3v) is 8.51. The zero-order valence-electron chi connectivity index (χ0n) is 17.9. The standard InChI is InChI=1S/C22H24N8OS/c1-31-21-27-19(29-8-12-2-3-13(9-29)26-12)15(7-24)20(28-21)30-10-22(11-30)5-4-16-17(22)14(6-23)18(25)32-16/h12-13,26H,2-5,8-11,25H2,1H3/t12-,13?/m0/s1. The second-order valence-corrected chi connectivity index (χ2v) is 10.4. The highest BCUT2D eigenvalue weighted by atomic mass is 32.1. The summed E-state index contributed by atoms with van der Waals surface area (Å²) in [5.74, 6) is 1.29. The van der Waals surface area contributed by atoms with Gasteiger partial charge in [0.2, 0.25) is 0 Å². The Hall–Kier alpha value is -3.08. The van der Waals surface area contributed by atoms with Gasteiger partial charge in [-0.2, -0.15) is 20.5 Å². The SMILES string of the molecule is COc1nc(N2CC3CC[C@@H](C2)N3)c(C#N)c(N2CC3(CCc4sc(N)c(C#N)c43)C2)n1. The summed E-state index contributed by atoms with van der Waals surface area (Å²) in [7, 11) is 1.56. The number of nitriles is 2. The van der Waals surface area contributed by atoms with Crippen LogP contribution >= 0.6 is 11.3 Å². The van der Waals surface area contributed by atoms with Crippen molar-refractivity contribution in [3.05, 3.63) is 21.6 Å². The summed E-state index contributed by atoms with van der Waals surface area (Å²) in [6.07, 6.45) is 4.25. The van der Waals surface area contributed by atoms with Crippen molar-refractivity contribution in [1.82, 2.24) is 15.3 Å². The normalized spacial score (nSPS) is 24.7. The highest BCUT2D eigenvalue weighted by Crippen LogP contribution is 2.53. The molecule has 1 spiro atoms. The van der Waals surface area contributed by atoms with Gasteiger partial charge in [0.05, 0.1) is 12.7 Å². The van der Waals surface area contributed by atoms with Crippen molar-refractivity contribution in [2.45, 2.75) is 43.2 Å². The molecule has 0 saturated carbocycles. The number of anilines is 3. The summed E-state index contributed by atoms with van der Waals surface area (Å²) in [5, 5.41) is 24.0. The highest BCUT2D eigenvalue weighted by Gasteiger charge is 2.52. The molecule has 2 aromatic rings. The van der Waals surface area contributed by atoms with Gasteiger partial charge in [-0.05, 0) is 31.2 Å². The largest absolute Gasteiger partial charge is 0.467 e.